The number of benzene rings is 2. The van der Waals surface area contributed by atoms with E-state index < -0.39 is 38.9 Å². The molecule has 9 nitrogen and oxygen atoms in total. The maximum Gasteiger partial charge on any atom is 0.435 e. The van der Waals surface area contributed by atoms with E-state index in [0.29, 0.717) is 4.52 Å². The Hall–Kier alpha value is -4.13. The highest BCUT2D eigenvalue weighted by Crippen LogP contribution is 2.38. The number of carbonyl (C=O) groups excluding carboxylic acids is 1. The molecule has 35 heavy (non-hydrogen) atoms. The zero-order chi connectivity index (χ0) is 25.5. The third kappa shape index (κ3) is 4.25. The SMILES string of the molecule is COc1ccccc1S(=O)(=O)NC(=O)c1c(C)[nH]c2c(-c3ccccc3)c(C(F)(F)F)nn2c1=O. The van der Waals surface area contributed by atoms with Crippen LogP contribution in [0.5, 0.6) is 5.75 Å². The fourth-order valence-corrected chi connectivity index (χ4v) is 4.73. The first-order valence-corrected chi connectivity index (χ1v) is 11.4. The number of fused-ring (bicyclic) bond motifs is 1. The van der Waals surface area contributed by atoms with E-state index in [0.717, 1.165) is 0 Å². The number of aromatic nitrogens is 3. The highest BCUT2D eigenvalue weighted by Gasteiger charge is 2.39. The summed E-state index contributed by atoms with van der Waals surface area (Å²) in [6.07, 6.45) is -4.92. The molecule has 0 unspecified atom stereocenters. The van der Waals surface area contributed by atoms with E-state index in [1.807, 2.05) is 0 Å². The molecule has 0 fully saturated rings. The molecule has 0 radical (unpaired) electrons. The van der Waals surface area contributed by atoms with Gasteiger partial charge in [0.25, 0.3) is 21.5 Å². The van der Waals surface area contributed by atoms with Crippen molar-refractivity contribution in [2.24, 2.45) is 0 Å². The van der Waals surface area contributed by atoms with Gasteiger partial charge in [0.15, 0.2) is 5.69 Å². The number of ether oxygens (including phenoxy) is 1. The summed E-state index contributed by atoms with van der Waals surface area (Å²) in [5, 5.41) is 3.42. The van der Waals surface area contributed by atoms with Gasteiger partial charge in [-0.1, -0.05) is 42.5 Å². The highest BCUT2D eigenvalue weighted by atomic mass is 32.2. The van der Waals surface area contributed by atoms with Crippen molar-refractivity contribution >= 4 is 21.6 Å². The number of sulfonamides is 1. The van der Waals surface area contributed by atoms with Crippen LogP contribution >= 0.6 is 0 Å². The second kappa shape index (κ2) is 8.58. The topological polar surface area (TPSA) is 123 Å². The predicted molar refractivity (Wildman–Crippen MR) is 119 cm³/mol. The lowest BCUT2D eigenvalue weighted by Gasteiger charge is -2.11. The lowest BCUT2D eigenvalue weighted by atomic mass is 10.1. The molecule has 2 aromatic heterocycles. The Balaban J connectivity index is 1.88. The summed E-state index contributed by atoms with van der Waals surface area (Å²) in [6, 6.07) is 13.0. The van der Waals surface area contributed by atoms with Crippen molar-refractivity contribution in [1.29, 1.82) is 0 Å². The van der Waals surface area contributed by atoms with E-state index in [-0.39, 0.29) is 33.1 Å². The Kier molecular flexibility index (Phi) is 5.88. The quantitative estimate of drug-likeness (QED) is 0.429. The predicted octanol–water partition coefficient (Wildman–Crippen LogP) is 3.14. The minimum absolute atomic E-state index is 0.0525. The zero-order valence-electron chi connectivity index (χ0n) is 18.2. The van der Waals surface area contributed by atoms with Crippen LogP contribution in [0.4, 0.5) is 13.2 Å². The van der Waals surface area contributed by atoms with Crippen molar-refractivity contribution in [3.63, 3.8) is 0 Å². The van der Waals surface area contributed by atoms with Crippen molar-refractivity contribution in [3.05, 3.63) is 81.9 Å². The number of para-hydroxylation sites is 1. The van der Waals surface area contributed by atoms with Crippen LogP contribution in [0.15, 0.2) is 64.3 Å². The van der Waals surface area contributed by atoms with Gasteiger partial charge in [-0.05, 0) is 24.6 Å². The van der Waals surface area contributed by atoms with Gasteiger partial charge in [0, 0.05) is 5.69 Å². The summed E-state index contributed by atoms with van der Waals surface area (Å²) < 4.78 is 74.0. The monoisotopic (exact) mass is 506 g/mol. The van der Waals surface area contributed by atoms with E-state index in [1.54, 1.807) is 10.8 Å². The molecule has 0 aliphatic rings. The Bertz CT molecular complexity index is 1610. The molecular weight excluding hydrogens is 489 g/mol. The molecule has 0 atom stereocenters. The lowest BCUT2D eigenvalue weighted by Crippen LogP contribution is -2.37. The van der Waals surface area contributed by atoms with Crippen LogP contribution in [-0.4, -0.2) is 36.0 Å². The second-order valence-electron chi connectivity index (χ2n) is 7.36. The van der Waals surface area contributed by atoms with Gasteiger partial charge in [-0.25, -0.2) is 13.1 Å². The number of hydrogen-bond donors (Lipinski definition) is 2. The molecule has 2 aromatic carbocycles. The summed E-state index contributed by atoms with van der Waals surface area (Å²) in [5.74, 6) is -1.40. The Morgan fingerprint density at radius 1 is 1.09 bits per heavy atom. The number of nitrogens with one attached hydrogen (secondary N) is 2. The second-order valence-corrected chi connectivity index (χ2v) is 9.01. The molecule has 4 rings (SSSR count). The average molecular weight is 506 g/mol. The highest BCUT2D eigenvalue weighted by molar-refractivity contribution is 7.90. The molecule has 4 aromatic rings. The number of methoxy groups -OCH3 is 1. The van der Waals surface area contributed by atoms with Gasteiger partial charge in [0.1, 0.15) is 21.9 Å². The van der Waals surface area contributed by atoms with E-state index in [4.69, 9.17) is 4.74 Å². The lowest BCUT2D eigenvalue weighted by molar-refractivity contribution is -0.140. The number of rotatable bonds is 5. The molecule has 2 N–H and O–H groups in total. The van der Waals surface area contributed by atoms with Crippen molar-refractivity contribution in [1.82, 2.24) is 19.3 Å². The summed E-state index contributed by atoms with van der Waals surface area (Å²) >= 11 is 0. The Morgan fingerprint density at radius 2 is 1.71 bits per heavy atom. The van der Waals surface area contributed by atoms with Crippen LogP contribution in [0.3, 0.4) is 0 Å². The number of carbonyl (C=O) groups is 1. The van der Waals surface area contributed by atoms with E-state index >= 15 is 0 Å². The minimum Gasteiger partial charge on any atom is -0.495 e. The molecule has 2 heterocycles. The molecule has 13 heteroatoms. The van der Waals surface area contributed by atoms with Gasteiger partial charge in [0.2, 0.25) is 0 Å². The smallest absolute Gasteiger partial charge is 0.435 e. The first-order chi connectivity index (χ1) is 16.5. The normalized spacial score (nSPS) is 12.0. The molecule has 0 saturated heterocycles. The number of hydrogen-bond acceptors (Lipinski definition) is 6. The number of amides is 1. The number of aryl methyl sites for hydroxylation is 1. The van der Waals surface area contributed by atoms with Gasteiger partial charge in [-0.15, -0.1) is 0 Å². The van der Waals surface area contributed by atoms with Gasteiger partial charge in [0.05, 0.1) is 12.7 Å². The van der Waals surface area contributed by atoms with Gasteiger partial charge >= 0.3 is 6.18 Å². The molecule has 0 bridgehead atoms. The van der Waals surface area contributed by atoms with Crippen molar-refractivity contribution in [2.45, 2.75) is 18.0 Å². The molecule has 0 spiro atoms. The van der Waals surface area contributed by atoms with Crippen LogP contribution < -0.4 is 15.0 Å². The summed E-state index contributed by atoms with van der Waals surface area (Å²) in [6.45, 7) is 1.26. The van der Waals surface area contributed by atoms with Crippen LogP contribution in [0.1, 0.15) is 21.7 Å². The molecule has 0 aliphatic heterocycles. The third-order valence-electron chi connectivity index (χ3n) is 5.12. The van der Waals surface area contributed by atoms with E-state index in [1.165, 1.54) is 62.6 Å². The first kappa shape index (κ1) is 24.0. The fraction of sp³-hybridized carbons (Fsp3) is 0.136. The minimum atomic E-state index is -4.92. The average Bonchev–Trinajstić information content (AvgIpc) is 3.19. The largest absolute Gasteiger partial charge is 0.495 e. The van der Waals surface area contributed by atoms with Crippen molar-refractivity contribution in [2.75, 3.05) is 7.11 Å². The first-order valence-electron chi connectivity index (χ1n) is 9.94. The number of halogens is 3. The summed E-state index contributed by atoms with van der Waals surface area (Å²) in [5.41, 5.74) is -3.97. The van der Waals surface area contributed by atoms with Crippen molar-refractivity contribution in [3.8, 4) is 16.9 Å². The fourth-order valence-electron chi connectivity index (χ4n) is 3.60. The van der Waals surface area contributed by atoms with Gasteiger partial charge in [-0.3, -0.25) is 9.59 Å². The maximum atomic E-state index is 13.8. The van der Waals surface area contributed by atoms with E-state index in [2.05, 4.69) is 10.1 Å². The zero-order valence-corrected chi connectivity index (χ0v) is 19.0. The van der Waals surface area contributed by atoms with Crippen LogP contribution in [-0.2, 0) is 16.2 Å². The molecule has 0 saturated carbocycles. The maximum absolute atomic E-state index is 13.8. The molecular formula is C22H17F3N4O5S. The van der Waals surface area contributed by atoms with E-state index in [9.17, 15) is 31.2 Å². The molecule has 1 amide bonds. The number of alkyl halides is 3. The summed E-state index contributed by atoms with van der Waals surface area (Å²) in [7, 11) is -3.26. The van der Waals surface area contributed by atoms with Gasteiger partial charge < -0.3 is 9.72 Å². The van der Waals surface area contributed by atoms with Crippen LogP contribution in [0.25, 0.3) is 16.8 Å². The Morgan fingerprint density at radius 3 is 2.34 bits per heavy atom. The number of H-pyrrole nitrogens is 1. The number of aromatic amines is 1. The number of nitrogens with zero attached hydrogens (tertiary/aromatic N) is 2. The molecule has 0 aliphatic carbocycles. The van der Waals surface area contributed by atoms with Crippen molar-refractivity contribution < 1.29 is 31.1 Å². The Labute approximate surface area is 196 Å². The van der Waals surface area contributed by atoms with Crippen LogP contribution in [0.2, 0.25) is 0 Å². The standard InChI is InChI=1S/C22H17F3N4O5S/c1-12-16(20(30)28-35(32,33)15-11-7-6-10-14(15)34-2)21(31)29-19(26-12)17(13-8-4-3-5-9-13)18(27-29)22(23,24)25/h3-11,26H,1-2H3,(H,28,30). The summed E-state index contributed by atoms with van der Waals surface area (Å²) in [4.78, 5) is 28.2. The third-order valence-corrected chi connectivity index (χ3v) is 6.49. The van der Waals surface area contributed by atoms with Gasteiger partial charge in [-0.2, -0.15) is 22.8 Å². The van der Waals surface area contributed by atoms with Crippen LogP contribution in [0, 0.1) is 6.92 Å². The molecule has 182 valence electrons.